The van der Waals surface area contributed by atoms with Crippen LogP contribution in [-0.4, -0.2) is 36.3 Å². The second-order valence-corrected chi connectivity index (χ2v) is 7.77. The molecule has 0 spiro atoms. The van der Waals surface area contributed by atoms with Crippen molar-refractivity contribution in [1.82, 2.24) is 9.47 Å². The minimum atomic E-state index is -0.135. The normalized spacial score (nSPS) is 10.6. The first-order valence-corrected chi connectivity index (χ1v) is 11.1. The maximum Gasteiger partial charge on any atom is 0.322 e. The Kier molecular flexibility index (Phi) is 8.61. The predicted octanol–water partition coefficient (Wildman–Crippen LogP) is 5.78. The number of carbonyl (C=O) groups is 1. The molecule has 6 heteroatoms. The smallest absolute Gasteiger partial charge is 0.322 e. The van der Waals surface area contributed by atoms with E-state index < -0.39 is 0 Å². The lowest BCUT2D eigenvalue weighted by molar-refractivity contribution is 0.206. The summed E-state index contributed by atoms with van der Waals surface area (Å²) in [5.41, 5.74) is 2.98. The van der Waals surface area contributed by atoms with Crippen LogP contribution in [0, 0.1) is 0 Å². The Balaban J connectivity index is 1.75. The number of unbranched alkanes of at least 4 members (excludes halogenated alkanes) is 2. The average molecular weight is 436 g/mol. The Morgan fingerprint density at radius 2 is 1.69 bits per heavy atom. The molecular weight excluding hydrogens is 402 g/mol. The van der Waals surface area contributed by atoms with E-state index in [9.17, 15) is 4.79 Å². The molecule has 0 bridgehead atoms. The molecule has 0 fully saturated rings. The van der Waals surface area contributed by atoms with Gasteiger partial charge in [0.2, 0.25) is 0 Å². The maximum atomic E-state index is 13.2. The minimum Gasteiger partial charge on any atom is -0.497 e. The summed E-state index contributed by atoms with van der Waals surface area (Å²) < 4.78 is 12.9. The molecular formula is C26H33N3O3. The average Bonchev–Trinajstić information content (AvgIpc) is 3.25. The lowest BCUT2D eigenvalue weighted by Gasteiger charge is -2.24. The van der Waals surface area contributed by atoms with Crippen LogP contribution in [0.1, 0.15) is 37.4 Å². The largest absolute Gasteiger partial charge is 0.497 e. The summed E-state index contributed by atoms with van der Waals surface area (Å²) in [4.78, 5) is 15.1. The summed E-state index contributed by atoms with van der Waals surface area (Å²) in [5.74, 6) is 1.27. The number of aromatic nitrogens is 1. The van der Waals surface area contributed by atoms with E-state index in [4.69, 9.17) is 9.47 Å². The molecule has 1 N–H and O–H groups in total. The summed E-state index contributed by atoms with van der Waals surface area (Å²) in [6, 6.07) is 19.7. The topological polar surface area (TPSA) is 55.7 Å². The molecule has 2 amide bonds. The second kappa shape index (κ2) is 11.8. The fourth-order valence-electron chi connectivity index (χ4n) is 3.61. The molecule has 0 atom stereocenters. The van der Waals surface area contributed by atoms with Gasteiger partial charge in [0.1, 0.15) is 11.5 Å². The molecule has 1 aromatic heterocycles. The number of anilines is 1. The fraction of sp³-hybridized carbons (Fsp3) is 0.346. The lowest BCUT2D eigenvalue weighted by Crippen LogP contribution is -2.36. The number of urea groups is 1. The van der Waals surface area contributed by atoms with Gasteiger partial charge in [-0.05, 0) is 24.1 Å². The number of hydrogen-bond acceptors (Lipinski definition) is 3. The van der Waals surface area contributed by atoms with Crippen LogP contribution in [-0.2, 0) is 13.1 Å². The van der Waals surface area contributed by atoms with E-state index in [-0.39, 0.29) is 6.03 Å². The van der Waals surface area contributed by atoms with Gasteiger partial charge in [-0.3, -0.25) is 0 Å². The molecule has 0 radical (unpaired) electrons. The Bertz CT molecular complexity index is 963. The van der Waals surface area contributed by atoms with Crippen molar-refractivity contribution >= 4 is 11.7 Å². The van der Waals surface area contributed by atoms with Crippen molar-refractivity contribution in [2.24, 2.45) is 0 Å². The summed E-state index contributed by atoms with van der Waals surface area (Å²) in [7, 11) is 3.19. The number of amides is 2. The van der Waals surface area contributed by atoms with Gasteiger partial charge in [0, 0.05) is 48.9 Å². The van der Waals surface area contributed by atoms with E-state index >= 15 is 0 Å². The zero-order valence-electron chi connectivity index (χ0n) is 19.2. The van der Waals surface area contributed by atoms with Crippen molar-refractivity contribution in [3.8, 4) is 11.5 Å². The summed E-state index contributed by atoms with van der Waals surface area (Å²) in [5, 5.41) is 3.02. The number of ether oxygens (including phenoxy) is 2. The number of methoxy groups -OCH3 is 2. The van der Waals surface area contributed by atoms with Gasteiger partial charge < -0.3 is 24.3 Å². The van der Waals surface area contributed by atoms with Crippen molar-refractivity contribution in [3.05, 3.63) is 78.1 Å². The summed E-state index contributed by atoms with van der Waals surface area (Å²) in [6.07, 6.45) is 5.22. The van der Waals surface area contributed by atoms with Crippen molar-refractivity contribution in [3.63, 3.8) is 0 Å². The molecule has 2 aromatic carbocycles. The van der Waals surface area contributed by atoms with Gasteiger partial charge in [-0.15, -0.1) is 0 Å². The number of rotatable bonds is 11. The molecule has 0 saturated heterocycles. The van der Waals surface area contributed by atoms with E-state index in [0.29, 0.717) is 30.3 Å². The molecule has 3 rings (SSSR count). The first kappa shape index (κ1) is 23.3. The van der Waals surface area contributed by atoms with E-state index in [2.05, 4.69) is 41.2 Å². The van der Waals surface area contributed by atoms with Crippen LogP contribution in [0.4, 0.5) is 10.5 Å². The molecule has 1 heterocycles. The van der Waals surface area contributed by atoms with Crippen LogP contribution < -0.4 is 14.8 Å². The fourth-order valence-corrected chi connectivity index (χ4v) is 3.61. The summed E-state index contributed by atoms with van der Waals surface area (Å²) >= 11 is 0. The monoisotopic (exact) mass is 435 g/mol. The van der Waals surface area contributed by atoms with E-state index in [0.717, 1.165) is 31.5 Å². The van der Waals surface area contributed by atoms with Crippen LogP contribution >= 0.6 is 0 Å². The minimum absolute atomic E-state index is 0.135. The van der Waals surface area contributed by atoms with Crippen molar-refractivity contribution < 1.29 is 14.3 Å². The maximum absolute atomic E-state index is 13.2. The predicted molar refractivity (Wildman–Crippen MR) is 128 cm³/mol. The molecule has 0 unspecified atom stereocenters. The van der Waals surface area contributed by atoms with Crippen LogP contribution in [0.15, 0.2) is 66.9 Å². The third-order valence-corrected chi connectivity index (χ3v) is 5.39. The molecule has 32 heavy (non-hydrogen) atoms. The van der Waals surface area contributed by atoms with Crippen LogP contribution in [0.25, 0.3) is 0 Å². The zero-order chi connectivity index (χ0) is 22.8. The number of nitrogens with one attached hydrogen (secondary N) is 1. The third kappa shape index (κ3) is 6.54. The van der Waals surface area contributed by atoms with Crippen LogP contribution in [0.2, 0.25) is 0 Å². The molecule has 6 nitrogen and oxygen atoms in total. The van der Waals surface area contributed by atoms with Crippen molar-refractivity contribution in [2.45, 2.75) is 39.3 Å². The number of nitrogens with zero attached hydrogens (tertiary/aromatic N) is 2. The van der Waals surface area contributed by atoms with Gasteiger partial charge in [0.15, 0.2) is 0 Å². The van der Waals surface area contributed by atoms with Gasteiger partial charge >= 0.3 is 6.03 Å². The lowest BCUT2D eigenvalue weighted by atomic mass is 10.2. The van der Waals surface area contributed by atoms with Gasteiger partial charge in [-0.2, -0.15) is 0 Å². The third-order valence-electron chi connectivity index (χ3n) is 5.39. The SMILES string of the molecule is CCCCCN(Cc1cccn1Cc1ccccc1)C(=O)Nc1cc(OC)cc(OC)c1. The zero-order valence-corrected chi connectivity index (χ0v) is 19.2. The van der Waals surface area contributed by atoms with Crippen LogP contribution in [0.3, 0.4) is 0 Å². The van der Waals surface area contributed by atoms with E-state index in [1.807, 2.05) is 29.2 Å². The first-order valence-electron chi connectivity index (χ1n) is 11.1. The Hall–Kier alpha value is -3.41. The number of hydrogen-bond donors (Lipinski definition) is 1. The van der Waals surface area contributed by atoms with Crippen molar-refractivity contribution in [2.75, 3.05) is 26.1 Å². The Morgan fingerprint density at radius 1 is 0.969 bits per heavy atom. The van der Waals surface area contributed by atoms with Crippen molar-refractivity contribution in [1.29, 1.82) is 0 Å². The quantitative estimate of drug-likeness (QED) is 0.389. The Labute approximate surface area is 190 Å². The van der Waals surface area contributed by atoms with Gasteiger partial charge in [0.25, 0.3) is 0 Å². The Morgan fingerprint density at radius 3 is 2.34 bits per heavy atom. The van der Waals surface area contributed by atoms with Crippen LogP contribution in [0.5, 0.6) is 11.5 Å². The molecule has 0 aliphatic carbocycles. The molecule has 3 aromatic rings. The first-order chi connectivity index (χ1) is 15.6. The highest BCUT2D eigenvalue weighted by molar-refractivity contribution is 5.89. The van der Waals surface area contributed by atoms with Gasteiger partial charge in [-0.25, -0.2) is 4.79 Å². The van der Waals surface area contributed by atoms with Gasteiger partial charge in [0.05, 0.1) is 20.8 Å². The number of benzene rings is 2. The highest BCUT2D eigenvalue weighted by Gasteiger charge is 2.17. The van der Waals surface area contributed by atoms with E-state index in [1.165, 1.54) is 5.56 Å². The molecule has 0 aliphatic heterocycles. The van der Waals surface area contributed by atoms with E-state index in [1.54, 1.807) is 32.4 Å². The highest BCUT2D eigenvalue weighted by Crippen LogP contribution is 2.26. The molecule has 0 aliphatic rings. The molecule has 0 saturated carbocycles. The highest BCUT2D eigenvalue weighted by atomic mass is 16.5. The number of carbonyl (C=O) groups excluding carboxylic acids is 1. The second-order valence-electron chi connectivity index (χ2n) is 7.77. The summed E-state index contributed by atoms with van der Waals surface area (Å²) in [6.45, 7) is 4.17. The van der Waals surface area contributed by atoms with Gasteiger partial charge in [-0.1, -0.05) is 50.1 Å². The standard InChI is InChI=1S/C26H33N3O3/c1-4-5-9-14-29(26(30)27-22-16-24(31-2)18-25(17-22)32-3)20-23-13-10-15-28(23)19-21-11-7-6-8-12-21/h6-8,10-13,15-18H,4-5,9,14,19-20H2,1-3H3,(H,27,30). The molecule has 170 valence electrons.